The molecule has 0 amide bonds. The van der Waals surface area contributed by atoms with Crippen LogP contribution in [-0.2, 0) is 10.0 Å². The van der Waals surface area contributed by atoms with E-state index in [-0.39, 0.29) is 17.1 Å². The van der Waals surface area contributed by atoms with E-state index in [0.29, 0.717) is 12.8 Å². The third-order valence-corrected chi connectivity index (χ3v) is 4.93. The number of sulfonamides is 1. The van der Waals surface area contributed by atoms with Gasteiger partial charge in [-0.15, -0.1) is 0 Å². The topological polar surface area (TPSA) is 139 Å². The molecule has 1 heterocycles. The number of likely N-dealkylation sites (tertiary alicyclic amines) is 1. The van der Waals surface area contributed by atoms with Gasteiger partial charge in [0.15, 0.2) is 0 Å². The number of rotatable bonds is 5. The van der Waals surface area contributed by atoms with Crippen LogP contribution in [0.25, 0.3) is 0 Å². The molecule has 128 valence electrons. The average Bonchev–Trinajstić information content (AvgIpc) is 2.47. The number of hydrogen-bond donors (Lipinski definition) is 3. The summed E-state index contributed by atoms with van der Waals surface area (Å²) >= 11 is 0. The number of benzene rings is 1. The normalized spacial score (nSPS) is 18.6. The van der Waals surface area contributed by atoms with Crippen LogP contribution >= 0.6 is 0 Å². The Hall–Kier alpha value is -1.75. The number of nitrogens with zero attached hydrogens (tertiary/aromatic N) is 2. The van der Waals surface area contributed by atoms with Gasteiger partial charge in [0, 0.05) is 25.7 Å². The molecule has 0 unspecified atom stereocenters. The zero-order chi connectivity index (χ0) is 17.3. The molecule has 1 aliphatic rings. The lowest BCUT2D eigenvalue weighted by atomic mass is 9.91. The summed E-state index contributed by atoms with van der Waals surface area (Å²) in [5.74, 6) is 0. The van der Waals surface area contributed by atoms with E-state index in [9.17, 15) is 23.6 Å². The summed E-state index contributed by atoms with van der Waals surface area (Å²) in [5, 5.41) is 29.5. The summed E-state index contributed by atoms with van der Waals surface area (Å²) in [4.78, 5) is 12.2. The van der Waals surface area contributed by atoms with Crippen molar-refractivity contribution in [3.63, 3.8) is 0 Å². The highest BCUT2D eigenvalue weighted by Gasteiger charge is 2.31. The summed E-state index contributed by atoms with van der Waals surface area (Å²) < 4.78 is 22.6. The van der Waals surface area contributed by atoms with Crippen LogP contribution in [0, 0.1) is 10.1 Å². The number of nitro groups is 1. The van der Waals surface area contributed by atoms with Crippen molar-refractivity contribution in [2.24, 2.45) is 5.14 Å². The molecule has 4 N–H and O–H groups in total. The first-order valence-corrected chi connectivity index (χ1v) is 8.61. The predicted molar refractivity (Wildman–Crippen MR) is 84.6 cm³/mol. The Balaban J connectivity index is 2.18. The number of primary sulfonamides is 1. The Kier molecular flexibility index (Phi) is 4.90. The molecule has 0 spiro atoms. The maximum absolute atomic E-state index is 11.3. The van der Waals surface area contributed by atoms with Crippen molar-refractivity contribution >= 4 is 21.4 Å². The minimum absolute atomic E-state index is 0.148. The second kappa shape index (κ2) is 6.40. The molecule has 2 rings (SSSR count). The molecule has 1 aliphatic heterocycles. The molecule has 0 radical (unpaired) electrons. The van der Waals surface area contributed by atoms with Crippen LogP contribution in [0.15, 0.2) is 23.1 Å². The molecule has 10 heteroatoms. The summed E-state index contributed by atoms with van der Waals surface area (Å²) in [7, 11) is -2.05. The van der Waals surface area contributed by atoms with Gasteiger partial charge in [-0.3, -0.25) is 10.1 Å². The van der Waals surface area contributed by atoms with Crippen LogP contribution in [0.5, 0.6) is 0 Å². The standard InChI is InChI=1S/C13H20N4O5S/c1-16-6-4-13(18,5-7-16)9-15-11-3-2-10(23(14,21)22)8-12(11)17(19)20/h2-3,8,15,18H,4-7,9H2,1H3,(H2,14,21,22). The zero-order valence-corrected chi connectivity index (χ0v) is 13.5. The highest BCUT2D eigenvalue weighted by Crippen LogP contribution is 2.29. The number of anilines is 1. The summed E-state index contributed by atoms with van der Waals surface area (Å²) in [6.45, 7) is 1.63. The molecule has 0 atom stereocenters. The summed E-state index contributed by atoms with van der Waals surface area (Å²) in [6.07, 6.45) is 1.11. The van der Waals surface area contributed by atoms with Crippen LogP contribution in [0.3, 0.4) is 0 Å². The zero-order valence-electron chi connectivity index (χ0n) is 12.7. The molecule has 23 heavy (non-hydrogen) atoms. The number of nitrogens with one attached hydrogen (secondary N) is 1. The fourth-order valence-electron chi connectivity index (χ4n) is 2.46. The van der Waals surface area contributed by atoms with Gasteiger partial charge >= 0.3 is 0 Å². The second-order valence-electron chi connectivity index (χ2n) is 5.86. The summed E-state index contributed by atoms with van der Waals surface area (Å²) in [6, 6.07) is 3.40. The lowest BCUT2D eigenvalue weighted by Crippen LogP contribution is -2.47. The van der Waals surface area contributed by atoms with E-state index in [4.69, 9.17) is 5.14 Å². The van der Waals surface area contributed by atoms with Crippen molar-refractivity contribution in [3.05, 3.63) is 28.3 Å². The Bertz CT molecular complexity index is 698. The Labute approximate surface area is 134 Å². The molecule has 0 saturated carbocycles. The second-order valence-corrected chi connectivity index (χ2v) is 7.42. The van der Waals surface area contributed by atoms with Gasteiger partial charge in [0.2, 0.25) is 10.0 Å². The molecular weight excluding hydrogens is 324 g/mol. The largest absolute Gasteiger partial charge is 0.388 e. The van der Waals surface area contributed by atoms with Crippen molar-refractivity contribution in [2.45, 2.75) is 23.3 Å². The van der Waals surface area contributed by atoms with Gasteiger partial charge in [-0.2, -0.15) is 0 Å². The molecule has 0 aromatic heterocycles. The number of hydrogen-bond acceptors (Lipinski definition) is 7. The van der Waals surface area contributed by atoms with Crippen LogP contribution in [0.4, 0.5) is 11.4 Å². The van der Waals surface area contributed by atoms with Crippen molar-refractivity contribution in [1.82, 2.24) is 4.90 Å². The van der Waals surface area contributed by atoms with Gasteiger partial charge in [-0.25, -0.2) is 13.6 Å². The van der Waals surface area contributed by atoms with Gasteiger partial charge in [-0.1, -0.05) is 0 Å². The predicted octanol–water partition coefficient (Wildman–Crippen LogP) is 0.111. The Morgan fingerprint density at radius 3 is 2.57 bits per heavy atom. The lowest BCUT2D eigenvalue weighted by Gasteiger charge is -2.36. The highest BCUT2D eigenvalue weighted by molar-refractivity contribution is 7.89. The Morgan fingerprint density at radius 1 is 1.43 bits per heavy atom. The number of nitro benzene ring substituents is 1. The van der Waals surface area contributed by atoms with Gasteiger partial charge in [0.25, 0.3) is 5.69 Å². The van der Waals surface area contributed by atoms with E-state index in [1.165, 1.54) is 12.1 Å². The molecule has 9 nitrogen and oxygen atoms in total. The SMILES string of the molecule is CN1CCC(O)(CNc2ccc(S(N)(=O)=O)cc2[N+](=O)[O-])CC1. The van der Waals surface area contributed by atoms with E-state index in [1.807, 2.05) is 7.05 Å². The van der Waals surface area contributed by atoms with E-state index in [0.717, 1.165) is 19.2 Å². The minimum atomic E-state index is -4.02. The monoisotopic (exact) mass is 344 g/mol. The van der Waals surface area contributed by atoms with Crippen LogP contribution < -0.4 is 10.5 Å². The molecule has 1 fully saturated rings. The molecule has 1 aromatic carbocycles. The van der Waals surface area contributed by atoms with Crippen LogP contribution in [0.1, 0.15) is 12.8 Å². The van der Waals surface area contributed by atoms with Gasteiger partial charge in [0.05, 0.1) is 15.4 Å². The summed E-state index contributed by atoms with van der Waals surface area (Å²) in [5.41, 5.74) is -1.19. The van der Waals surface area contributed by atoms with E-state index in [2.05, 4.69) is 10.2 Å². The van der Waals surface area contributed by atoms with Crippen LogP contribution in [-0.4, -0.2) is 55.6 Å². The lowest BCUT2D eigenvalue weighted by molar-refractivity contribution is -0.384. The van der Waals surface area contributed by atoms with Crippen LogP contribution in [0.2, 0.25) is 0 Å². The number of nitrogens with two attached hydrogens (primary N) is 1. The smallest absolute Gasteiger partial charge is 0.293 e. The maximum Gasteiger partial charge on any atom is 0.293 e. The number of aliphatic hydroxyl groups is 1. The van der Waals surface area contributed by atoms with Gasteiger partial charge < -0.3 is 15.3 Å². The third-order valence-electron chi connectivity index (χ3n) is 4.02. The average molecular weight is 344 g/mol. The van der Waals surface area contributed by atoms with E-state index in [1.54, 1.807) is 0 Å². The maximum atomic E-state index is 11.3. The first-order valence-electron chi connectivity index (χ1n) is 7.07. The van der Waals surface area contributed by atoms with Gasteiger partial charge in [-0.05, 0) is 32.0 Å². The van der Waals surface area contributed by atoms with Crippen molar-refractivity contribution in [3.8, 4) is 0 Å². The molecule has 0 bridgehead atoms. The number of piperidine rings is 1. The quantitative estimate of drug-likeness (QED) is 0.509. The molecule has 0 aliphatic carbocycles. The first kappa shape index (κ1) is 17.6. The van der Waals surface area contributed by atoms with Crippen molar-refractivity contribution in [1.29, 1.82) is 0 Å². The van der Waals surface area contributed by atoms with Crippen molar-refractivity contribution in [2.75, 3.05) is 32.0 Å². The Morgan fingerprint density at radius 2 is 2.04 bits per heavy atom. The van der Waals surface area contributed by atoms with Gasteiger partial charge in [0.1, 0.15) is 5.69 Å². The van der Waals surface area contributed by atoms with E-state index < -0.39 is 26.2 Å². The minimum Gasteiger partial charge on any atom is -0.388 e. The molecule has 1 aromatic rings. The van der Waals surface area contributed by atoms with Crippen molar-refractivity contribution < 1.29 is 18.4 Å². The fourth-order valence-corrected chi connectivity index (χ4v) is 2.99. The first-order chi connectivity index (χ1) is 10.6. The molecule has 1 saturated heterocycles. The third kappa shape index (κ3) is 4.38. The van der Waals surface area contributed by atoms with E-state index >= 15 is 0 Å². The molecular formula is C13H20N4O5S. The fraction of sp³-hybridized carbons (Fsp3) is 0.538. The highest BCUT2D eigenvalue weighted by atomic mass is 32.2.